The maximum atomic E-state index is 12.6. The van der Waals surface area contributed by atoms with Crippen LogP contribution in [0.4, 0.5) is 0 Å². The Balaban J connectivity index is 1.54. The minimum atomic E-state index is -0.238. The van der Waals surface area contributed by atoms with E-state index >= 15 is 0 Å². The summed E-state index contributed by atoms with van der Waals surface area (Å²) in [4.78, 5) is 27.2. The standard InChI is InChI=1S/C28H33N5O3/c1-17(2)26-22-13-20(5-6-23(22)32-27(26)21-11-18(3)31-19(4)12-21)25(33-7-9-35-10-8-33)14-29-28(34)24-15-36-16-30-24/h5-6,11-13,15-17,25,32H,7-10,14H2,1-4H3,(H,29,34). The Morgan fingerprint density at radius 2 is 1.89 bits per heavy atom. The molecule has 0 aliphatic carbocycles. The van der Waals surface area contributed by atoms with E-state index < -0.39 is 0 Å². The maximum absolute atomic E-state index is 12.6. The number of benzene rings is 1. The Hall–Kier alpha value is -3.49. The fourth-order valence-corrected chi connectivity index (χ4v) is 5.20. The summed E-state index contributed by atoms with van der Waals surface area (Å²) in [5.41, 5.74) is 8.18. The molecule has 1 aromatic carbocycles. The number of aromatic nitrogens is 3. The third-order valence-corrected chi connectivity index (χ3v) is 6.80. The number of aryl methyl sites for hydroxylation is 2. The first kappa shape index (κ1) is 24.2. The fraction of sp³-hybridized carbons (Fsp3) is 0.393. The lowest BCUT2D eigenvalue weighted by Gasteiger charge is -2.35. The number of fused-ring (bicyclic) bond motifs is 1. The second kappa shape index (κ2) is 10.2. The van der Waals surface area contributed by atoms with Crippen molar-refractivity contribution in [1.29, 1.82) is 0 Å². The quantitative estimate of drug-likeness (QED) is 0.390. The Labute approximate surface area is 211 Å². The van der Waals surface area contributed by atoms with Crippen LogP contribution >= 0.6 is 0 Å². The summed E-state index contributed by atoms with van der Waals surface area (Å²) in [6.07, 6.45) is 2.63. The number of pyridine rings is 1. The maximum Gasteiger partial charge on any atom is 0.273 e. The molecule has 0 radical (unpaired) electrons. The lowest BCUT2D eigenvalue weighted by atomic mass is 9.94. The van der Waals surface area contributed by atoms with Crippen LogP contribution in [-0.4, -0.2) is 58.6 Å². The van der Waals surface area contributed by atoms with Crippen molar-refractivity contribution in [1.82, 2.24) is 25.2 Å². The average molecular weight is 488 g/mol. The Morgan fingerprint density at radius 3 is 2.56 bits per heavy atom. The second-order valence-electron chi connectivity index (χ2n) is 9.76. The van der Waals surface area contributed by atoms with Gasteiger partial charge in [0.2, 0.25) is 0 Å². The van der Waals surface area contributed by atoms with Gasteiger partial charge in [0.15, 0.2) is 12.1 Å². The number of H-pyrrole nitrogens is 1. The first-order valence-corrected chi connectivity index (χ1v) is 12.5. The molecular weight excluding hydrogens is 454 g/mol. The largest absolute Gasteiger partial charge is 0.451 e. The van der Waals surface area contributed by atoms with E-state index in [1.165, 1.54) is 29.2 Å². The van der Waals surface area contributed by atoms with E-state index in [2.05, 4.69) is 69.3 Å². The molecule has 8 heteroatoms. The summed E-state index contributed by atoms with van der Waals surface area (Å²) in [5, 5.41) is 4.26. The van der Waals surface area contributed by atoms with Crippen molar-refractivity contribution in [3.05, 3.63) is 71.2 Å². The normalized spacial score (nSPS) is 15.5. The molecule has 1 fully saturated rings. The summed E-state index contributed by atoms with van der Waals surface area (Å²) in [7, 11) is 0. The van der Waals surface area contributed by atoms with E-state index in [9.17, 15) is 4.79 Å². The first-order valence-electron chi connectivity index (χ1n) is 12.5. The minimum Gasteiger partial charge on any atom is -0.451 e. The summed E-state index contributed by atoms with van der Waals surface area (Å²) >= 11 is 0. The zero-order valence-corrected chi connectivity index (χ0v) is 21.3. The number of nitrogens with zero attached hydrogens (tertiary/aromatic N) is 3. The number of ether oxygens (including phenoxy) is 1. The molecule has 1 saturated heterocycles. The van der Waals surface area contributed by atoms with Crippen molar-refractivity contribution in [2.75, 3.05) is 32.8 Å². The van der Waals surface area contributed by atoms with E-state index in [1.807, 2.05) is 13.8 Å². The Kier molecular flexibility index (Phi) is 6.89. The van der Waals surface area contributed by atoms with Gasteiger partial charge in [-0.3, -0.25) is 14.7 Å². The van der Waals surface area contributed by atoms with Crippen molar-refractivity contribution in [2.24, 2.45) is 0 Å². The molecule has 0 saturated carbocycles. The van der Waals surface area contributed by atoms with Gasteiger partial charge in [-0.15, -0.1) is 0 Å². The van der Waals surface area contributed by atoms with Gasteiger partial charge in [-0.05, 0) is 55.2 Å². The van der Waals surface area contributed by atoms with Crippen molar-refractivity contribution in [2.45, 2.75) is 39.7 Å². The first-order chi connectivity index (χ1) is 17.4. The molecular formula is C28H33N5O3. The minimum absolute atomic E-state index is 0.0120. The number of morpholine rings is 1. The molecule has 1 aliphatic rings. The van der Waals surface area contributed by atoms with Crippen molar-refractivity contribution < 1.29 is 13.9 Å². The van der Waals surface area contributed by atoms with Crippen LogP contribution in [0.15, 0.2) is 47.4 Å². The molecule has 36 heavy (non-hydrogen) atoms. The third-order valence-electron chi connectivity index (χ3n) is 6.80. The van der Waals surface area contributed by atoms with Gasteiger partial charge < -0.3 is 19.5 Å². The van der Waals surface area contributed by atoms with Crippen LogP contribution in [0.3, 0.4) is 0 Å². The highest BCUT2D eigenvalue weighted by Crippen LogP contribution is 2.37. The van der Waals surface area contributed by atoms with E-state index in [-0.39, 0.29) is 17.6 Å². The smallest absolute Gasteiger partial charge is 0.273 e. The molecule has 1 aliphatic heterocycles. The van der Waals surface area contributed by atoms with Crippen molar-refractivity contribution >= 4 is 16.8 Å². The average Bonchev–Trinajstić information content (AvgIpc) is 3.52. The summed E-state index contributed by atoms with van der Waals surface area (Å²) < 4.78 is 10.6. The zero-order chi connectivity index (χ0) is 25.2. The molecule has 1 atom stereocenters. The number of rotatable bonds is 7. The van der Waals surface area contributed by atoms with Crippen LogP contribution in [-0.2, 0) is 4.74 Å². The van der Waals surface area contributed by atoms with Crippen molar-refractivity contribution in [3.63, 3.8) is 0 Å². The number of hydrogen-bond donors (Lipinski definition) is 2. The van der Waals surface area contributed by atoms with Crippen LogP contribution in [0, 0.1) is 13.8 Å². The molecule has 8 nitrogen and oxygen atoms in total. The molecule has 4 aromatic rings. The molecule has 3 aromatic heterocycles. The van der Waals surface area contributed by atoms with Gasteiger partial charge in [-0.25, -0.2) is 4.98 Å². The number of aromatic amines is 1. The Morgan fingerprint density at radius 1 is 1.14 bits per heavy atom. The highest BCUT2D eigenvalue weighted by molar-refractivity contribution is 5.93. The van der Waals surface area contributed by atoms with Crippen LogP contribution in [0.5, 0.6) is 0 Å². The van der Waals surface area contributed by atoms with Crippen LogP contribution in [0.1, 0.15) is 58.8 Å². The number of oxazole rings is 1. The van der Waals surface area contributed by atoms with Gasteiger partial charge in [-0.2, -0.15) is 0 Å². The van der Waals surface area contributed by atoms with Gasteiger partial charge in [0.05, 0.1) is 24.9 Å². The molecule has 1 amide bonds. The van der Waals surface area contributed by atoms with E-state index in [1.54, 1.807) is 0 Å². The lowest BCUT2D eigenvalue weighted by molar-refractivity contribution is 0.0162. The number of carbonyl (C=O) groups is 1. The van der Waals surface area contributed by atoms with Crippen molar-refractivity contribution in [3.8, 4) is 11.3 Å². The molecule has 0 bridgehead atoms. The van der Waals surface area contributed by atoms with Crippen LogP contribution in [0.25, 0.3) is 22.2 Å². The number of hydrogen-bond acceptors (Lipinski definition) is 6. The Bertz CT molecular complexity index is 1330. The summed E-state index contributed by atoms with van der Waals surface area (Å²) in [6.45, 7) is 12.0. The van der Waals surface area contributed by atoms with Crippen LogP contribution in [0.2, 0.25) is 0 Å². The SMILES string of the molecule is Cc1cc(-c2[nH]c3ccc(C(CNC(=O)c4cocn4)N4CCOCC4)cc3c2C(C)C)cc(C)n1. The molecule has 4 heterocycles. The topological polar surface area (TPSA) is 96.3 Å². The van der Waals surface area contributed by atoms with Gasteiger partial charge in [0.25, 0.3) is 5.91 Å². The predicted molar refractivity (Wildman–Crippen MR) is 139 cm³/mol. The summed E-state index contributed by atoms with van der Waals surface area (Å²) in [5.74, 6) is 0.0878. The molecule has 1 unspecified atom stereocenters. The molecule has 188 valence electrons. The van der Waals surface area contributed by atoms with Gasteiger partial charge >= 0.3 is 0 Å². The number of amides is 1. The summed E-state index contributed by atoms with van der Waals surface area (Å²) in [6, 6.07) is 10.9. The molecule has 2 N–H and O–H groups in total. The number of nitrogens with one attached hydrogen (secondary N) is 2. The lowest BCUT2D eigenvalue weighted by Crippen LogP contribution is -2.43. The van der Waals surface area contributed by atoms with Gasteiger partial charge in [0, 0.05) is 47.5 Å². The molecule has 5 rings (SSSR count). The van der Waals surface area contributed by atoms with Gasteiger partial charge in [0.1, 0.15) is 6.26 Å². The fourth-order valence-electron chi connectivity index (χ4n) is 5.20. The third kappa shape index (κ3) is 4.92. The highest BCUT2D eigenvalue weighted by Gasteiger charge is 2.25. The monoisotopic (exact) mass is 487 g/mol. The van der Waals surface area contributed by atoms with E-state index in [0.29, 0.717) is 25.7 Å². The van der Waals surface area contributed by atoms with E-state index in [4.69, 9.17) is 9.15 Å². The predicted octanol–water partition coefficient (Wildman–Crippen LogP) is 4.76. The van der Waals surface area contributed by atoms with E-state index in [0.717, 1.165) is 41.3 Å². The molecule has 0 spiro atoms. The van der Waals surface area contributed by atoms with Crippen LogP contribution < -0.4 is 5.32 Å². The highest BCUT2D eigenvalue weighted by atomic mass is 16.5. The number of carbonyl (C=O) groups excluding carboxylic acids is 1. The second-order valence-corrected chi connectivity index (χ2v) is 9.76. The zero-order valence-electron chi connectivity index (χ0n) is 21.3. The van der Waals surface area contributed by atoms with Gasteiger partial charge in [-0.1, -0.05) is 19.9 Å².